The van der Waals surface area contributed by atoms with Crippen molar-refractivity contribution < 1.29 is 9.15 Å². The number of aryl methyl sites for hydroxylation is 1. The zero-order chi connectivity index (χ0) is 14.4. The summed E-state index contributed by atoms with van der Waals surface area (Å²) in [6.45, 7) is 3.93. The van der Waals surface area contributed by atoms with Gasteiger partial charge in [-0.05, 0) is 34.5 Å². The highest BCUT2D eigenvalue weighted by atomic mass is 79.9. The molecule has 1 aromatic carbocycles. The molecular formula is C13H17BrN4O2. The van der Waals surface area contributed by atoms with E-state index in [4.69, 9.17) is 9.15 Å². The number of aromatic nitrogens is 2. The first-order valence-electron chi connectivity index (χ1n) is 6.25. The summed E-state index contributed by atoms with van der Waals surface area (Å²) in [5.74, 6) is 0.535. The van der Waals surface area contributed by atoms with Crippen LogP contribution in [0.5, 0.6) is 0 Å². The second-order valence-corrected chi connectivity index (χ2v) is 5.02. The SMILES string of the molecule is COCCNCc1nnc(Nc2cccc(C)c2Br)o1. The molecule has 0 radical (unpaired) electrons. The number of halogens is 1. The molecule has 6 nitrogen and oxygen atoms in total. The Balaban J connectivity index is 1.94. The van der Waals surface area contributed by atoms with E-state index < -0.39 is 0 Å². The average molecular weight is 341 g/mol. The van der Waals surface area contributed by atoms with Crippen molar-refractivity contribution in [2.45, 2.75) is 13.5 Å². The van der Waals surface area contributed by atoms with Gasteiger partial charge in [-0.15, -0.1) is 5.10 Å². The van der Waals surface area contributed by atoms with E-state index in [1.54, 1.807) is 7.11 Å². The van der Waals surface area contributed by atoms with Gasteiger partial charge in [-0.25, -0.2) is 0 Å². The lowest BCUT2D eigenvalue weighted by Crippen LogP contribution is -2.18. The largest absolute Gasteiger partial charge is 0.406 e. The minimum atomic E-state index is 0.375. The van der Waals surface area contributed by atoms with Gasteiger partial charge in [0.25, 0.3) is 0 Å². The lowest BCUT2D eigenvalue weighted by atomic mass is 10.2. The van der Waals surface area contributed by atoms with Crippen LogP contribution < -0.4 is 10.6 Å². The van der Waals surface area contributed by atoms with Crippen LogP contribution in [-0.2, 0) is 11.3 Å². The van der Waals surface area contributed by atoms with Gasteiger partial charge in [-0.2, -0.15) is 0 Å². The van der Waals surface area contributed by atoms with Crippen LogP contribution in [-0.4, -0.2) is 30.5 Å². The highest BCUT2D eigenvalue weighted by Gasteiger charge is 2.08. The number of hydrogen-bond donors (Lipinski definition) is 2. The number of nitrogens with zero attached hydrogens (tertiary/aromatic N) is 2. The van der Waals surface area contributed by atoms with Gasteiger partial charge in [0.05, 0.1) is 18.8 Å². The molecular weight excluding hydrogens is 324 g/mol. The molecule has 0 aliphatic rings. The summed E-state index contributed by atoms with van der Waals surface area (Å²) in [7, 11) is 1.66. The van der Waals surface area contributed by atoms with E-state index in [1.807, 2.05) is 25.1 Å². The number of ether oxygens (including phenoxy) is 1. The van der Waals surface area contributed by atoms with E-state index in [-0.39, 0.29) is 0 Å². The highest BCUT2D eigenvalue weighted by Crippen LogP contribution is 2.28. The van der Waals surface area contributed by atoms with E-state index in [0.29, 0.717) is 25.1 Å². The Morgan fingerprint density at radius 3 is 3.00 bits per heavy atom. The average Bonchev–Trinajstić information content (AvgIpc) is 2.88. The van der Waals surface area contributed by atoms with Crippen molar-refractivity contribution in [3.8, 4) is 0 Å². The second-order valence-electron chi connectivity index (χ2n) is 4.23. The maximum atomic E-state index is 5.51. The van der Waals surface area contributed by atoms with Crippen LogP contribution in [0.3, 0.4) is 0 Å². The van der Waals surface area contributed by atoms with Crippen molar-refractivity contribution in [3.05, 3.63) is 34.1 Å². The third-order valence-electron chi connectivity index (χ3n) is 2.66. The van der Waals surface area contributed by atoms with Gasteiger partial charge >= 0.3 is 6.01 Å². The third-order valence-corrected chi connectivity index (χ3v) is 3.71. The van der Waals surface area contributed by atoms with E-state index in [9.17, 15) is 0 Å². The fourth-order valence-corrected chi connectivity index (χ4v) is 1.97. The molecule has 108 valence electrons. The standard InChI is InChI=1S/C13H17BrN4O2/c1-9-4-3-5-10(12(9)14)16-13-18-17-11(20-13)8-15-6-7-19-2/h3-5,15H,6-8H2,1-2H3,(H,16,18). The topological polar surface area (TPSA) is 72.2 Å². The summed E-state index contributed by atoms with van der Waals surface area (Å²) in [6, 6.07) is 6.30. The van der Waals surface area contributed by atoms with Crippen LogP contribution in [0.2, 0.25) is 0 Å². The number of methoxy groups -OCH3 is 1. The first kappa shape index (κ1) is 15.0. The minimum Gasteiger partial charge on any atom is -0.406 e. The lowest BCUT2D eigenvalue weighted by Gasteiger charge is -2.06. The Morgan fingerprint density at radius 1 is 1.35 bits per heavy atom. The predicted molar refractivity (Wildman–Crippen MR) is 80.0 cm³/mol. The maximum Gasteiger partial charge on any atom is 0.320 e. The summed E-state index contributed by atoms with van der Waals surface area (Å²) >= 11 is 3.53. The van der Waals surface area contributed by atoms with Crippen LogP contribution in [0.25, 0.3) is 0 Å². The van der Waals surface area contributed by atoms with Crippen molar-refractivity contribution in [2.75, 3.05) is 25.6 Å². The molecule has 0 aliphatic carbocycles. The Bertz CT molecular complexity index is 559. The van der Waals surface area contributed by atoms with Crippen LogP contribution in [0, 0.1) is 6.92 Å². The fraction of sp³-hybridized carbons (Fsp3) is 0.385. The van der Waals surface area contributed by atoms with Gasteiger partial charge in [0.2, 0.25) is 5.89 Å². The Hall–Kier alpha value is -1.44. The molecule has 0 saturated heterocycles. The summed E-state index contributed by atoms with van der Waals surface area (Å²) in [5.41, 5.74) is 2.03. The maximum absolute atomic E-state index is 5.51. The van der Waals surface area contributed by atoms with Crippen LogP contribution in [0.4, 0.5) is 11.7 Å². The zero-order valence-corrected chi connectivity index (χ0v) is 13.0. The van der Waals surface area contributed by atoms with Crippen molar-refractivity contribution in [2.24, 2.45) is 0 Å². The summed E-state index contributed by atoms with van der Waals surface area (Å²) < 4.78 is 11.4. The number of rotatable bonds is 7. The normalized spacial score (nSPS) is 10.8. The molecule has 0 spiro atoms. The van der Waals surface area contributed by atoms with Crippen molar-refractivity contribution >= 4 is 27.6 Å². The zero-order valence-electron chi connectivity index (χ0n) is 11.4. The van der Waals surface area contributed by atoms with Crippen LogP contribution in [0.1, 0.15) is 11.5 Å². The van der Waals surface area contributed by atoms with Gasteiger partial charge in [0.15, 0.2) is 0 Å². The molecule has 1 heterocycles. The fourth-order valence-electron chi connectivity index (χ4n) is 1.60. The first-order chi connectivity index (χ1) is 9.70. The smallest absolute Gasteiger partial charge is 0.320 e. The Labute approximate surface area is 126 Å². The van der Waals surface area contributed by atoms with E-state index in [2.05, 4.69) is 36.8 Å². The first-order valence-corrected chi connectivity index (χ1v) is 7.04. The monoisotopic (exact) mass is 340 g/mol. The Morgan fingerprint density at radius 2 is 2.20 bits per heavy atom. The molecule has 1 aromatic heterocycles. The van der Waals surface area contributed by atoms with Gasteiger partial charge in [0, 0.05) is 18.1 Å². The van der Waals surface area contributed by atoms with E-state index in [1.165, 1.54) is 0 Å². The van der Waals surface area contributed by atoms with Gasteiger partial charge in [-0.3, -0.25) is 0 Å². The van der Waals surface area contributed by atoms with Crippen molar-refractivity contribution in [1.82, 2.24) is 15.5 Å². The molecule has 0 amide bonds. The number of nitrogens with one attached hydrogen (secondary N) is 2. The summed E-state index contributed by atoms with van der Waals surface area (Å²) in [6.07, 6.45) is 0. The molecule has 7 heteroatoms. The molecule has 0 aliphatic heterocycles. The van der Waals surface area contributed by atoms with Crippen molar-refractivity contribution in [3.63, 3.8) is 0 Å². The summed E-state index contributed by atoms with van der Waals surface area (Å²) in [5, 5.41) is 14.2. The second kappa shape index (κ2) is 7.37. The quantitative estimate of drug-likeness (QED) is 0.755. The van der Waals surface area contributed by atoms with Gasteiger partial charge < -0.3 is 19.8 Å². The molecule has 0 atom stereocenters. The number of anilines is 2. The number of benzene rings is 1. The third kappa shape index (κ3) is 4.03. The highest BCUT2D eigenvalue weighted by molar-refractivity contribution is 9.10. The lowest BCUT2D eigenvalue weighted by molar-refractivity contribution is 0.198. The number of hydrogen-bond acceptors (Lipinski definition) is 6. The summed E-state index contributed by atoms with van der Waals surface area (Å²) in [4.78, 5) is 0. The van der Waals surface area contributed by atoms with Gasteiger partial charge in [0.1, 0.15) is 0 Å². The predicted octanol–water partition coefficient (Wildman–Crippen LogP) is 2.62. The molecule has 20 heavy (non-hydrogen) atoms. The van der Waals surface area contributed by atoms with Crippen molar-refractivity contribution in [1.29, 1.82) is 0 Å². The molecule has 2 rings (SSSR count). The molecule has 2 aromatic rings. The van der Waals surface area contributed by atoms with Crippen LogP contribution >= 0.6 is 15.9 Å². The van der Waals surface area contributed by atoms with E-state index in [0.717, 1.165) is 22.3 Å². The molecule has 2 N–H and O–H groups in total. The minimum absolute atomic E-state index is 0.375. The molecule has 0 unspecified atom stereocenters. The van der Waals surface area contributed by atoms with E-state index >= 15 is 0 Å². The van der Waals surface area contributed by atoms with Crippen LogP contribution in [0.15, 0.2) is 27.1 Å². The Kier molecular flexibility index (Phi) is 5.51. The molecule has 0 fully saturated rings. The van der Waals surface area contributed by atoms with Gasteiger partial charge in [-0.1, -0.05) is 17.2 Å². The molecule has 0 bridgehead atoms. The molecule has 0 saturated carbocycles.